The number of hydrogen-bond donors (Lipinski definition) is 1. The second-order valence-electron chi connectivity index (χ2n) is 6.93. The largest absolute Gasteiger partial charge is 0.454 e. The highest BCUT2D eigenvalue weighted by Crippen LogP contribution is 2.39. The van der Waals surface area contributed by atoms with Crippen LogP contribution in [0.4, 0.5) is 5.69 Å². The number of carbonyl (C=O) groups is 1. The molecule has 1 atom stereocenters. The molecule has 0 fully saturated rings. The predicted molar refractivity (Wildman–Crippen MR) is 115 cm³/mol. The van der Waals surface area contributed by atoms with Crippen molar-refractivity contribution >= 4 is 35.2 Å². The lowest BCUT2D eigenvalue weighted by Gasteiger charge is -2.34. The average Bonchev–Trinajstić information content (AvgIpc) is 2.71. The topological polar surface area (TPSA) is 68.5 Å². The van der Waals surface area contributed by atoms with E-state index in [0.29, 0.717) is 33.8 Å². The van der Waals surface area contributed by atoms with Crippen LogP contribution in [0.2, 0.25) is 10.0 Å². The number of nitrogens with zero attached hydrogens (tertiary/aromatic N) is 2. The van der Waals surface area contributed by atoms with Gasteiger partial charge < -0.3 is 15.3 Å². The molecule has 0 bridgehead atoms. The minimum atomic E-state index is -0.301. The second-order valence-corrected chi connectivity index (χ2v) is 7.75. The Kier molecular flexibility index (Phi) is 5.72. The van der Waals surface area contributed by atoms with E-state index in [2.05, 4.69) is 9.88 Å². The fourth-order valence-corrected chi connectivity index (χ4v) is 4.19. The van der Waals surface area contributed by atoms with Crippen molar-refractivity contribution in [1.29, 1.82) is 0 Å². The van der Waals surface area contributed by atoms with Crippen molar-refractivity contribution in [2.45, 2.75) is 19.0 Å². The number of carbonyl (C=O) groups excluding carboxylic acids is 1. The molecule has 4 rings (SSSR count). The molecule has 3 aromatic rings. The number of benzene rings is 2. The van der Waals surface area contributed by atoms with E-state index in [4.69, 9.17) is 33.7 Å². The molecule has 2 aromatic carbocycles. The van der Waals surface area contributed by atoms with Crippen molar-refractivity contribution in [2.75, 3.05) is 12.3 Å². The maximum atomic E-state index is 11.9. The molecule has 2 N–H and O–H groups in total. The van der Waals surface area contributed by atoms with Gasteiger partial charge in [0.2, 0.25) is 0 Å². The minimum absolute atomic E-state index is 0.301. The number of aromatic nitrogens is 1. The minimum Gasteiger partial charge on any atom is -0.454 e. The Hall–Kier alpha value is -2.60. The number of nitrogen functional groups attached to an aromatic ring is 1. The summed E-state index contributed by atoms with van der Waals surface area (Å²) in [7, 11) is 0. The van der Waals surface area contributed by atoms with Gasteiger partial charge in [0.15, 0.2) is 5.75 Å². The smallest absolute Gasteiger partial charge is 0.164 e. The highest BCUT2D eigenvalue weighted by atomic mass is 35.5. The molecule has 0 spiro atoms. The number of hydrogen-bond acceptors (Lipinski definition) is 5. The van der Waals surface area contributed by atoms with Gasteiger partial charge in [0.05, 0.1) is 16.1 Å². The summed E-state index contributed by atoms with van der Waals surface area (Å²) in [6.07, 6.45) is 5.33. The van der Waals surface area contributed by atoms with Crippen LogP contribution in [0.1, 0.15) is 22.7 Å². The summed E-state index contributed by atoms with van der Waals surface area (Å²) in [6, 6.07) is 12.5. The molecular weight excluding hydrogens is 409 g/mol. The number of aldehydes is 1. The summed E-state index contributed by atoms with van der Waals surface area (Å²) in [5.74, 6) is 0.981. The van der Waals surface area contributed by atoms with Gasteiger partial charge in [0.25, 0.3) is 0 Å². The Morgan fingerprint density at radius 2 is 1.86 bits per heavy atom. The van der Waals surface area contributed by atoms with E-state index < -0.39 is 0 Å². The first-order valence-electron chi connectivity index (χ1n) is 9.18. The van der Waals surface area contributed by atoms with E-state index in [1.807, 2.05) is 30.3 Å². The van der Waals surface area contributed by atoms with Crippen LogP contribution in [-0.2, 0) is 17.8 Å². The van der Waals surface area contributed by atoms with Crippen LogP contribution in [-0.4, -0.2) is 22.7 Å². The molecule has 1 aliphatic rings. The standard InChI is InChI=1S/C22H19Cl2N3O2/c23-19-10-16(25)11-20(24)22(19)29-17-1-2-18-15(9-17)5-8-27(21(18)13-28)12-14-3-6-26-7-4-14/h1-4,6-7,9-11,13,21H,5,8,12,25H2. The molecule has 7 heteroatoms. The number of pyridine rings is 1. The monoisotopic (exact) mass is 427 g/mol. The van der Waals surface area contributed by atoms with Gasteiger partial charge in [-0.3, -0.25) is 9.88 Å². The molecule has 0 aliphatic carbocycles. The summed E-state index contributed by atoms with van der Waals surface area (Å²) < 4.78 is 5.92. The van der Waals surface area contributed by atoms with Crippen LogP contribution in [0.5, 0.6) is 11.5 Å². The van der Waals surface area contributed by atoms with Crippen molar-refractivity contribution in [1.82, 2.24) is 9.88 Å². The quantitative estimate of drug-likeness (QED) is 0.455. The first-order chi connectivity index (χ1) is 14.0. The number of nitrogens with two attached hydrogens (primary N) is 1. The zero-order valence-electron chi connectivity index (χ0n) is 15.5. The molecule has 0 radical (unpaired) electrons. The normalized spacial score (nSPS) is 16.3. The number of anilines is 1. The number of fused-ring (bicyclic) bond motifs is 1. The Labute approximate surface area is 179 Å². The third kappa shape index (κ3) is 4.22. The zero-order chi connectivity index (χ0) is 20.4. The summed E-state index contributed by atoms with van der Waals surface area (Å²) >= 11 is 12.4. The molecule has 148 valence electrons. The summed E-state index contributed by atoms with van der Waals surface area (Å²) in [5, 5.41) is 0.698. The maximum absolute atomic E-state index is 11.9. The molecular formula is C22H19Cl2N3O2. The molecule has 0 amide bonds. The van der Waals surface area contributed by atoms with Crippen molar-refractivity contribution in [2.24, 2.45) is 0 Å². The van der Waals surface area contributed by atoms with Gasteiger partial charge >= 0.3 is 0 Å². The Morgan fingerprint density at radius 3 is 2.55 bits per heavy atom. The zero-order valence-corrected chi connectivity index (χ0v) is 17.0. The van der Waals surface area contributed by atoms with E-state index in [9.17, 15) is 4.79 Å². The third-order valence-electron chi connectivity index (χ3n) is 5.00. The summed E-state index contributed by atoms with van der Waals surface area (Å²) in [4.78, 5) is 18.1. The van der Waals surface area contributed by atoms with Crippen LogP contribution >= 0.6 is 23.2 Å². The maximum Gasteiger partial charge on any atom is 0.164 e. The predicted octanol–water partition coefficient (Wildman–Crippen LogP) is 5.06. The molecule has 1 unspecified atom stereocenters. The summed E-state index contributed by atoms with van der Waals surface area (Å²) in [5.41, 5.74) is 9.41. The molecule has 5 nitrogen and oxygen atoms in total. The Balaban J connectivity index is 1.58. The summed E-state index contributed by atoms with van der Waals surface area (Å²) in [6.45, 7) is 1.46. The van der Waals surface area contributed by atoms with Crippen molar-refractivity contribution < 1.29 is 9.53 Å². The Bertz CT molecular complexity index is 1020. The van der Waals surface area contributed by atoms with Gasteiger partial charge in [-0.1, -0.05) is 29.3 Å². The first-order valence-corrected chi connectivity index (χ1v) is 9.94. The van der Waals surface area contributed by atoms with Crippen LogP contribution in [0.3, 0.4) is 0 Å². The Morgan fingerprint density at radius 1 is 1.14 bits per heavy atom. The van der Waals surface area contributed by atoms with Gasteiger partial charge in [-0.25, -0.2) is 0 Å². The van der Waals surface area contributed by atoms with Gasteiger partial charge in [0, 0.05) is 31.2 Å². The lowest BCUT2D eigenvalue weighted by molar-refractivity contribution is -0.113. The SMILES string of the molecule is Nc1cc(Cl)c(Oc2ccc3c(c2)CCN(Cc2ccncc2)C3C=O)c(Cl)c1. The third-order valence-corrected chi connectivity index (χ3v) is 5.56. The van der Waals surface area contributed by atoms with Gasteiger partial charge in [-0.05, 0) is 59.5 Å². The first kappa shape index (κ1) is 19.7. The molecule has 1 aliphatic heterocycles. The average molecular weight is 428 g/mol. The fraction of sp³-hybridized carbons (Fsp3) is 0.182. The van der Waals surface area contributed by atoms with Crippen LogP contribution in [0.25, 0.3) is 0 Å². The van der Waals surface area contributed by atoms with E-state index in [1.54, 1.807) is 24.5 Å². The number of ether oxygens (including phenoxy) is 1. The van der Waals surface area contributed by atoms with E-state index in [-0.39, 0.29) is 6.04 Å². The lowest BCUT2D eigenvalue weighted by atomic mass is 9.92. The fourth-order valence-electron chi connectivity index (χ4n) is 3.60. The van der Waals surface area contributed by atoms with Crippen molar-refractivity contribution in [3.8, 4) is 11.5 Å². The van der Waals surface area contributed by atoms with Gasteiger partial charge in [-0.15, -0.1) is 0 Å². The molecule has 29 heavy (non-hydrogen) atoms. The second kappa shape index (κ2) is 8.41. The number of halogens is 2. The number of rotatable bonds is 5. The van der Waals surface area contributed by atoms with Gasteiger partial charge in [0.1, 0.15) is 12.0 Å². The lowest BCUT2D eigenvalue weighted by Crippen LogP contribution is -2.35. The van der Waals surface area contributed by atoms with Crippen LogP contribution in [0.15, 0.2) is 54.9 Å². The molecule has 0 saturated heterocycles. The van der Waals surface area contributed by atoms with Crippen molar-refractivity contribution in [3.05, 3.63) is 81.6 Å². The molecule has 2 heterocycles. The molecule has 1 aromatic heterocycles. The van der Waals surface area contributed by atoms with E-state index in [0.717, 1.165) is 35.9 Å². The van der Waals surface area contributed by atoms with Gasteiger partial charge in [-0.2, -0.15) is 0 Å². The van der Waals surface area contributed by atoms with Crippen LogP contribution < -0.4 is 10.5 Å². The highest BCUT2D eigenvalue weighted by Gasteiger charge is 2.27. The highest BCUT2D eigenvalue weighted by molar-refractivity contribution is 6.37. The van der Waals surface area contributed by atoms with Crippen LogP contribution in [0, 0.1) is 0 Å². The van der Waals surface area contributed by atoms with E-state index >= 15 is 0 Å². The molecule has 0 saturated carbocycles. The van der Waals surface area contributed by atoms with Crippen molar-refractivity contribution in [3.63, 3.8) is 0 Å². The van der Waals surface area contributed by atoms with E-state index in [1.165, 1.54) is 0 Å².